The first-order chi connectivity index (χ1) is 19.0. The van der Waals surface area contributed by atoms with Gasteiger partial charge in [-0.3, -0.25) is 4.79 Å². The van der Waals surface area contributed by atoms with E-state index in [2.05, 4.69) is 69.2 Å². The summed E-state index contributed by atoms with van der Waals surface area (Å²) in [5.74, 6) is 1.84. The van der Waals surface area contributed by atoms with Crippen molar-refractivity contribution in [2.45, 2.75) is 79.2 Å². The van der Waals surface area contributed by atoms with Crippen LogP contribution in [0, 0.1) is 11.8 Å². The Morgan fingerprint density at radius 2 is 1.62 bits per heavy atom. The minimum Gasteiger partial charge on any atom is -0.341 e. The number of rotatable bonds is 11. The molecule has 1 aliphatic rings. The SMILES string of the molecule is CC(C)CN(CC(C)C)C(=O)C(C)(C)c1ccc2nc(-c3ccc(Cl)cc3Cl)n(CCCN3CCCCC3)c2c1. The molecule has 1 aliphatic heterocycles. The molecule has 40 heavy (non-hydrogen) atoms. The molecule has 2 heterocycles. The van der Waals surface area contributed by atoms with Crippen molar-refractivity contribution in [1.29, 1.82) is 0 Å². The number of fused-ring (bicyclic) bond motifs is 1. The number of benzene rings is 2. The van der Waals surface area contributed by atoms with Crippen LogP contribution in [0.25, 0.3) is 22.4 Å². The van der Waals surface area contributed by atoms with Gasteiger partial charge in [0, 0.05) is 30.2 Å². The van der Waals surface area contributed by atoms with E-state index < -0.39 is 5.41 Å². The van der Waals surface area contributed by atoms with Gasteiger partial charge in [-0.15, -0.1) is 0 Å². The minimum absolute atomic E-state index is 0.173. The zero-order valence-corrected chi connectivity index (χ0v) is 26.7. The molecular weight excluding hydrogens is 539 g/mol. The van der Waals surface area contributed by atoms with Crippen LogP contribution in [0.15, 0.2) is 36.4 Å². The quantitative estimate of drug-likeness (QED) is 0.227. The van der Waals surface area contributed by atoms with E-state index in [1.54, 1.807) is 6.07 Å². The summed E-state index contributed by atoms with van der Waals surface area (Å²) in [6, 6.07) is 11.9. The first kappa shape index (κ1) is 30.9. The summed E-state index contributed by atoms with van der Waals surface area (Å²) in [4.78, 5) is 23.6. The van der Waals surface area contributed by atoms with E-state index in [0.29, 0.717) is 21.9 Å². The molecule has 1 amide bonds. The third-order valence-electron chi connectivity index (χ3n) is 7.94. The van der Waals surface area contributed by atoms with E-state index >= 15 is 0 Å². The van der Waals surface area contributed by atoms with Crippen LogP contribution < -0.4 is 0 Å². The van der Waals surface area contributed by atoms with E-state index in [9.17, 15) is 4.79 Å². The van der Waals surface area contributed by atoms with E-state index in [0.717, 1.165) is 60.6 Å². The average Bonchev–Trinajstić information content (AvgIpc) is 3.25. The van der Waals surface area contributed by atoms with Crippen LogP contribution in [0.2, 0.25) is 10.0 Å². The summed E-state index contributed by atoms with van der Waals surface area (Å²) < 4.78 is 2.29. The van der Waals surface area contributed by atoms with E-state index in [1.165, 1.54) is 32.4 Å². The number of hydrogen-bond donors (Lipinski definition) is 0. The van der Waals surface area contributed by atoms with Gasteiger partial charge in [0.25, 0.3) is 0 Å². The van der Waals surface area contributed by atoms with Crippen molar-refractivity contribution in [2.24, 2.45) is 11.8 Å². The van der Waals surface area contributed by atoms with Crippen LogP contribution in [0.3, 0.4) is 0 Å². The Morgan fingerprint density at radius 1 is 0.950 bits per heavy atom. The van der Waals surface area contributed by atoms with Crippen LogP contribution in [-0.2, 0) is 16.8 Å². The maximum absolute atomic E-state index is 14.0. The molecule has 0 aliphatic carbocycles. The number of amides is 1. The van der Waals surface area contributed by atoms with E-state index in [1.807, 2.05) is 17.0 Å². The maximum atomic E-state index is 14.0. The zero-order chi connectivity index (χ0) is 29.0. The highest BCUT2D eigenvalue weighted by Crippen LogP contribution is 2.35. The molecule has 0 bridgehead atoms. The van der Waals surface area contributed by atoms with Crippen LogP contribution in [-0.4, -0.2) is 58.0 Å². The number of likely N-dealkylation sites (tertiary alicyclic amines) is 1. The number of imidazole rings is 1. The fourth-order valence-corrected chi connectivity index (χ4v) is 6.38. The van der Waals surface area contributed by atoms with Gasteiger partial charge in [0.05, 0.1) is 21.5 Å². The molecule has 1 aromatic heterocycles. The summed E-state index contributed by atoms with van der Waals surface area (Å²) in [6.45, 7) is 18.6. The van der Waals surface area contributed by atoms with Gasteiger partial charge in [0.1, 0.15) is 5.82 Å². The Bertz CT molecular complexity index is 1300. The molecule has 5 nitrogen and oxygen atoms in total. The van der Waals surface area contributed by atoms with Crippen molar-refractivity contribution < 1.29 is 4.79 Å². The van der Waals surface area contributed by atoms with Crippen molar-refractivity contribution in [3.63, 3.8) is 0 Å². The molecule has 4 rings (SSSR count). The summed E-state index contributed by atoms with van der Waals surface area (Å²) in [7, 11) is 0. The van der Waals surface area contributed by atoms with Crippen LogP contribution >= 0.6 is 23.2 Å². The number of hydrogen-bond acceptors (Lipinski definition) is 3. The Morgan fingerprint density at radius 3 is 2.25 bits per heavy atom. The largest absolute Gasteiger partial charge is 0.341 e. The topological polar surface area (TPSA) is 41.4 Å². The Labute approximate surface area is 250 Å². The van der Waals surface area contributed by atoms with Gasteiger partial charge in [0.2, 0.25) is 5.91 Å². The average molecular weight is 586 g/mol. The molecule has 2 aromatic carbocycles. The predicted octanol–water partition coefficient (Wildman–Crippen LogP) is 8.30. The molecule has 0 saturated carbocycles. The predicted molar refractivity (Wildman–Crippen MR) is 169 cm³/mol. The lowest BCUT2D eigenvalue weighted by atomic mass is 9.82. The third kappa shape index (κ3) is 7.21. The third-order valence-corrected chi connectivity index (χ3v) is 8.49. The summed E-state index contributed by atoms with van der Waals surface area (Å²) in [6.07, 6.45) is 4.94. The summed E-state index contributed by atoms with van der Waals surface area (Å²) in [5.41, 5.74) is 3.16. The monoisotopic (exact) mass is 584 g/mol. The van der Waals surface area contributed by atoms with Gasteiger partial charge < -0.3 is 14.4 Å². The van der Waals surface area contributed by atoms with Gasteiger partial charge in [0.15, 0.2) is 0 Å². The molecule has 3 aromatic rings. The highest BCUT2D eigenvalue weighted by Gasteiger charge is 2.35. The van der Waals surface area contributed by atoms with Crippen molar-refractivity contribution in [3.05, 3.63) is 52.0 Å². The second-order valence-electron chi connectivity index (χ2n) is 12.8. The van der Waals surface area contributed by atoms with Crippen LogP contribution in [0.1, 0.15) is 72.8 Å². The molecule has 0 atom stereocenters. The molecule has 0 radical (unpaired) electrons. The number of nitrogens with zero attached hydrogens (tertiary/aromatic N) is 4. The highest BCUT2D eigenvalue weighted by atomic mass is 35.5. The van der Waals surface area contributed by atoms with E-state index in [-0.39, 0.29) is 5.91 Å². The lowest BCUT2D eigenvalue weighted by Crippen LogP contribution is -2.46. The molecular formula is C33H46Cl2N4O. The normalized spacial score (nSPS) is 14.9. The fraction of sp³-hybridized carbons (Fsp3) is 0.576. The van der Waals surface area contributed by atoms with Gasteiger partial charge in [-0.05, 0) is 100 Å². The van der Waals surface area contributed by atoms with Crippen LogP contribution in [0.4, 0.5) is 0 Å². The summed E-state index contributed by atoms with van der Waals surface area (Å²) >= 11 is 12.9. The molecule has 218 valence electrons. The minimum atomic E-state index is -0.668. The number of halogens is 2. The van der Waals surface area contributed by atoms with Crippen molar-refractivity contribution in [2.75, 3.05) is 32.7 Å². The first-order valence-electron chi connectivity index (χ1n) is 14.9. The molecule has 0 N–H and O–H groups in total. The van der Waals surface area contributed by atoms with Crippen molar-refractivity contribution in [3.8, 4) is 11.4 Å². The van der Waals surface area contributed by atoms with Crippen molar-refractivity contribution >= 4 is 40.1 Å². The second kappa shape index (κ2) is 13.3. The fourth-order valence-electron chi connectivity index (χ4n) is 5.89. The molecule has 0 unspecified atom stereocenters. The molecule has 1 fully saturated rings. The number of carbonyl (C=O) groups is 1. The number of piperidine rings is 1. The van der Waals surface area contributed by atoms with Crippen molar-refractivity contribution in [1.82, 2.24) is 19.4 Å². The first-order valence-corrected chi connectivity index (χ1v) is 15.7. The number of aromatic nitrogens is 2. The molecule has 1 saturated heterocycles. The Hall–Kier alpha value is -2.08. The number of aryl methyl sites for hydroxylation is 1. The smallest absolute Gasteiger partial charge is 0.232 e. The lowest BCUT2D eigenvalue weighted by molar-refractivity contribution is -0.137. The lowest BCUT2D eigenvalue weighted by Gasteiger charge is -2.34. The van der Waals surface area contributed by atoms with Crippen LogP contribution in [0.5, 0.6) is 0 Å². The summed E-state index contributed by atoms with van der Waals surface area (Å²) in [5, 5.41) is 1.20. The van der Waals surface area contributed by atoms with Gasteiger partial charge in [-0.2, -0.15) is 0 Å². The highest BCUT2D eigenvalue weighted by molar-refractivity contribution is 6.36. The standard InChI is InChI=1S/C33H46Cl2N4O/c1-23(2)21-38(22-24(3)4)32(40)33(5,6)25-11-14-29-30(19-25)39(18-10-17-37-15-8-7-9-16-37)31(36-29)27-13-12-26(34)20-28(27)35/h11-14,19-20,23-24H,7-10,15-18,21-22H2,1-6H3. The second-order valence-corrected chi connectivity index (χ2v) is 13.6. The molecule has 0 spiro atoms. The van der Waals surface area contributed by atoms with E-state index in [4.69, 9.17) is 28.2 Å². The number of carbonyl (C=O) groups excluding carboxylic acids is 1. The molecule has 7 heteroatoms. The zero-order valence-electron chi connectivity index (χ0n) is 25.1. The van der Waals surface area contributed by atoms with Gasteiger partial charge >= 0.3 is 0 Å². The van der Waals surface area contributed by atoms with Gasteiger partial charge in [-0.1, -0.05) is 63.4 Å². The Balaban J connectivity index is 1.72. The van der Waals surface area contributed by atoms with Gasteiger partial charge in [-0.25, -0.2) is 4.98 Å². The Kier molecular flexibility index (Phi) is 10.2. The maximum Gasteiger partial charge on any atom is 0.232 e.